The topological polar surface area (TPSA) is 57.5 Å². The minimum atomic E-state index is -0.947. The number of aliphatic hydroxyl groups is 1. The molecule has 0 unspecified atom stereocenters. The van der Waals surface area contributed by atoms with E-state index in [1.165, 1.54) is 6.07 Å². The molecule has 2 N–H and O–H groups in total. The summed E-state index contributed by atoms with van der Waals surface area (Å²) in [5.41, 5.74) is 0. The molecule has 0 atom stereocenters. The van der Waals surface area contributed by atoms with Gasteiger partial charge in [-0.15, -0.1) is 11.3 Å². The summed E-state index contributed by atoms with van der Waals surface area (Å²) in [5.74, 6) is 4.12. The molecule has 0 aromatic carbocycles. The van der Waals surface area contributed by atoms with Gasteiger partial charge in [-0.2, -0.15) is 0 Å². The minimum absolute atomic E-state index is 0.208. The van der Waals surface area contributed by atoms with E-state index in [0.717, 1.165) is 11.3 Å². The SMILES string of the molecule is O=C(O)c1ccc(C#CCO)s1. The number of aromatic carboxylic acids is 1. The van der Waals surface area contributed by atoms with Crippen molar-refractivity contribution in [3.63, 3.8) is 0 Å². The fourth-order valence-corrected chi connectivity index (χ4v) is 1.37. The Morgan fingerprint density at radius 3 is 2.83 bits per heavy atom. The average Bonchev–Trinajstić information content (AvgIpc) is 2.48. The van der Waals surface area contributed by atoms with E-state index in [1.807, 2.05) is 0 Å². The lowest BCUT2D eigenvalue weighted by molar-refractivity contribution is 0.0702. The highest BCUT2D eigenvalue weighted by Gasteiger charge is 2.04. The second kappa shape index (κ2) is 3.90. The Morgan fingerprint density at radius 2 is 2.33 bits per heavy atom. The monoisotopic (exact) mass is 182 g/mol. The van der Waals surface area contributed by atoms with E-state index in [0.29, 0.717) is 4.88 Å². The van der Waals surface area contributed by atoms with Crippen LogP contribution in [0.4, 0.5) is 0 Å². The number of rotatable bonds is 1. The van der Waals surface area contributed by atoms with Crippen molar-refractivity contribution in [3.8, 4) is 11.8 Å². The Kier molecular flexibility index (Phi) is 2.86. The molecule has 3 nitrogen and oxygen atoms in total. The van der Waals surface area contributed by atoms with Crippen molar-refractivity contribution in [2.75, 3.05) is 6.61 Å². The Morgan fingerprint density at radius 1 is 1.58 bits per heavy atom. The van der Waals surface area contributed by atoms with Crippen molar-refractivity contribution in [2.45, 2.75) is 0 Å². The summed E-state index contributed by atoms with van der Waals surface area (Å²) in [6.07, 6.45) is 0. The van der Waals surface area contributed by atoms with Gasteiger partial charge in [0.25, 0.3) is 0 Å². The first kappa shape index (κ1) is 8.78. The quantitative estimate of drug-likeness (QED) is 0.631. The molecule has 0 radical (unpaired) electrons. The number of carbonyl (C=O) groups is 1. The van der Waals surface area contributed by atoms with Gasteiger partial charge in [-0.1, -0.05) is 11.8 Å². The number of hydrogen-bond donors (Lipinski definition) is 2. The van der Waals surface area contributed by atoms with E-state index in [4.69, 9.17) is 10.2 Å². The molecule has 0 aliphatic rings. The summed E-state index contributed by atoms with van der Waals surface area (Å²) in [6.45, 7) is -0.208. The fourth-order valence-electron chi connectivity index (χ4n) is 0.647. The van der Waals surface area contributed by atoms with Gasteiger partial charge >= 0.3 is 5.97 Å². The van der Waals surface area contributed by atoms with Crippen molar-refractivity contribution in [1.29, 1.82) is 0 Å². The summed E-state index contributed by atoms with van der Waals surface area (Å²) in [7, 11) is 0. The van der Waals surface area contributed by atoms with Crippen LogP contribution in [0.5, 0.6) is 0 Å². The maximum Gasteiger partial charge on any atom is 0.345 e. The molecule has 0 spiro atoms. The first-order valence-electron chi connectivity index (χ1n) is 3.17. The second-order valence-electron chi connectivity index (χ2n) is 1.93. The third kappa shape index (κ3) is 2.09. The second-order valence-corrected chi connectivity index (χ2v) is 3.01. The highest BCUT2D eigenvalue weighted by Crippen LogP contribution is 2.14. The average molecular weight is 182 g/mol. The molecule has 0 aliphatic heterocycles. The largest absolute Gasteiger partial charge is 0.477 e. The minimum Gasteiger partial charge on any atom is -0.477 e. The number of thiophene rings is 1. The maximum atomic E-state index is 10.4. The van der Waals surface area contributed by atoms with Gasteiger partial charge in [0.05, 0.1) is 4.88 Å². The van der Waals surface area contributed by atoms with Crippen molar-refractivity contribution in [3.05, 3.63) is 21.9 Å². The summed E-state index contributed by atoms with van der Waals surface area (Å²) in [5, 5.41) is 16.9. The van der Waals surface area contributed by atoms with Crippen molar-refractivity contribution in [1.82, 2.24) is 0 Å². The first-order valence-corrected chi connectivity index (χ1v) is 3.98. The Labute approximate surface area is 73.3 Å². The van der Waals surface area contributed by atoms with Crippen molar-refractivity contribution >= 4 is 17.3 Å². The molecule has 0 amide bonds. The Balaban J connectivity index is 2.84. The predicted octanol–water partition coefficient (Wildman–Crippen LogP) is 0.790. The highest BCUT2D eigenvalue weighted by molar-refractivity contribution is 7.14. The smallest absolute Gasteiger partial charge is 0.345 e. The number of carboxylic acids is 1. The van der Waals surface area contributed by atoms with Gasteiger partial charge in [-0.25, -0.2) is 4.79 Å². The van der Waals surface area contributed by atoms with Crippen molar-refractivity contribution < 1.29 is 15.0 Å². The number of aliphatic hydroxyl groups excluding tert-OH is 1. The molecule has 62 valence electrons. The summed E-state index contributed by atoms with van der Waals surface area (Å²) >= 11 is 1.10. The van der Waals surface area contributed by atoms with E-state index in [9.17, 15) is 4.79 Å². The molecule has 12 heavy (non-hydrogen) atoms. The number of carboxylic acid groups (broad SMARTS) is 1. The molecule has 1 heterocycles. The van der Waals surface area contributed by atoms with E-state index < -0.39 is 5.97 Å². The van der Waals surface area contributed by atoms with Gasteiger partial charge in [0, 0.05) is 0 Å². The van der Waals surface area contributed by atoms with Crippen molar-refractivity contribution in [2.24, 2.45) is 0 Å². The molecule has 1 aromatic rings. The molecule has 0 saturated carbocycles. The lowest BCUT2D eigenvalue weighted by Gasteiger charge is -1.80. The van der Waals surface area contributed by atoms with Crippen LogP contribution in [0.25, 0.3) is 0 Å². The zero-order valence-corrected chi connectivity index (χ0v) is 6.89. The van der Waals surface area contributed by atoms with Crippen LogP contribution in [0.3, 0.4) is 0 Å². The standard InChI is InChI=1S/C8H6O3S/c9-5-1-2-6-3-4-7(12-6)8(10)11/h3-4,9H,5H2,(H,10,11). The molecule has 1 rings (SSSR count). The first-order chi connectivity index (χ1) is 5.74. The van der Waals surface area contributed by atoms with Gasteiger partial charge in [0.15, 0.2) is 0 Å². The Hall–Kier alpha value is -1.31. The molecule has 0 bridgehead atoms. The zero-order chi connectivity index (χ0) is 8.97. The van der Waals surface area contributed by atoms with E-state index >= 15 is 0 Å². The lowest BCUT2D eigenvalue weighted by atomic mass is 10.4. The summed E-state index contributed by atoms with van der Waals surface area (Å²) in [6, 6.07) is 3.12. The van der Waals surface area contributed by atoms with E-state index in [-0.39, 0.29) is 11.5 Å². The third-order valence-corrected chi connectivity index (χ3v) is 2.10. The van der Waals surface area contributed by atoms with Crippen LogP contribution in [0, 0.1) is 11.8 Å². The molecule has 0 fully saturated rings. The summed E-state index contributed by atoms with van der Waals surface area (Å²) in [4.78, 5) is 11.3. The fraction of sp³-hybridized carbons (Fsp3) is 0.125. The van der Waals surface area contributed by atoms with Crippen LogP contribution in [0.1, 0.15) is 14.5 Å². The zero-order valence-electron chi connectivity index (χ0n) is 6.07. The number of hydrogen-bond acceptors (Lipinski definition) is 3. The van der Waals surface area contributed by atoms with Gasteiger partial charge in [0.2, 0.25) is 0 Å². The molecule has 0 saturated heterocycles. The van der Waals surface area contributed by atoms with Crippen LogP contribution in [-0.2, 0) is 0 Å². The van der Waals surface area contributed by atoms with Crippen LogP contribution in [-0.4, -0.2) is 22.8 Å². The molecule has 4 heteroatoms. The highest BCUT2D eigenvalue weighted by atomic mass is 32.1. The predicted molar refractivity (Wildman–Crippen MR) is 45.2 cm³/mol. The van der Waals surface area contributed by atoms with Gasteiger partial charge in [0.1, 0.15) is 11.5 Å². The van der Waals surface area contributed by atoms with E-state index in [1.54, 1.807) is 6.07 Å². The van der Waals surface area contributed by atoms with Gasteiger partial charge in [-0.05, 0) is 12.1 Å². The summed E-state index contributed by atoms with van der Waals surface area (Å²) < 4.78 is 0. The van der Waals surface area contributed by atoms with E-state index in [2.05, 4.69) is 11.8 Å². The third-order valence-electron chi connectivity index (χ3n) is 1.11. The van der Waals surface area contributed by atoms with Crippen LogP contribution in [0.2, 0.25) is 0 Å². The Bertz CT molecular complexity index is 343. The molecular weight excluding hydrogens is 176 g/mol. The molecule has 1 aromatic heterocycles. The molecule has 0 aliphatic carbocycles. The maximum absolute atomic E-state index is 10.4. The van der Waals surface area contributed by atoms with Gasteiger partial charge < -0.3 is 10.2 Å². The van der Waals surface area contributed by atoms with Gasteiger partial charge in [-0.3, -0.25) is 0 Å². The molecular formula is C8H6O3S. The normalized spacial score (nSPS) is 8.75. The van der Waals surface area contributed by atoms with Crippen LogP contribution >= 0.6 is 11.3 Å². The van der Waals surface area contributed by atoms with Crippen LogP contribution < -0.4 is 0 Å². The van der Waals surface area contributed by atoms with Crippen LogP contribution in [0.15, 0.2) is 12.1 Å². The lowest BCUT2D eigenvalue weighted by Crippen LogP contribution is -1.89.